The van der Waals surface area contributed by atoms with E-state index in [2.05, 4.69) is 24.1 Å². The highest BCUT2D eigenvalue weighted by atomic mass is 16.5. The predicted octanol–water partition coefficient (Wildman–Crippen LogP) is 2.74. The second-order valence-corrected chi connectivity index (χ2v) is 5.44. The summed E-state index contributed by atoms with van der Waals surface area (Å²) in [4.78, 5) is 0. The van der Waals surface area contributed by atoms with E-state index in [0.29, 0.717) is 5.61 Å². The first-order valence-corrected chi connectivity index (χ1v) is 7.77. The molecule has 0 radical (unpaired) electrons. The summed E-state index contributed by atoms with van der Waals surface area (Å²) < 4.78 is 5.72. The van der Waals surface area contributed by atoms with E-state index in [4.69, 9.17) is 10.1 Å². The van der Waals surface area contributed by atoms with Crippen LogP contribution in [0.4, 0.5) is 5.69 Å². The van der Waals surface area contributed by atoms with Crippen molar-refractivity contribution in [1.82, 2.24) is 0 Å². The van der Waals surface area contributed by atoms with E-state index in [1.807, 2.05) is 26.0 Å². The van der Waals surface area contributed by atoms with E-state index < -0.39 is 0 Å². The predicted molar refractivity (Wildman–Crippen MR) is 90.8 cm³/mol. The van der Waals surface area contributed by atoms with Gasteiger partial charge in [-0.1, -0.05) is 18.8 Å². The number of nitrogens with one attached hydrogen (secondary N) is 2. The highest BCUT2D eigenvalue weighted by Gasteiger charge is 2.15. The molecule has 3 nitrogen and oxygen atoms in total. The number of anilines is 1. The Labute approximate surface area is 128 Å². The van der Waals surface area contributed by atoms with E-state index in [0.717, 1.165) is 49.1 Å². The molecule has 0 aromatic heterocycles. The molecule has 0 aliphatic carbocycles. The average Bonchev–Trinajstić information content (AvgIpc) is 2.50. The first-order chi connectivity index (χ1) is 10.2. The van der Waals surface area contributed by atoms with Gasteiger partial charge in [0.15, 0.2) is 7.85 Å². The van der Waals surface area contributed by atoms with Gasteiger partial charge >= 0.3 is 0 Å². The fourth-order valence-electron chi connectivity index (χ4n) is 2.38. The summed E-state index contributed by atoms with van der Waals surface area (Å²) in [6, 6.07) is 6.03. The first-order valence-electron chi connectivity index (χ1n) is 7.77. The quantitative estimate of drug-likeness (QED) is 0.506. The lowest BCUT2D eigenvalue weighted by atomic mass is 9.91. The molecule has 1 aliphatic rings. The molecule has 1 fully saturated rings. The lowest BCUT2D eigenvalue weighted by molar-refractivity contribution is 0.0343. The SMILES string of the molecule is BC(=N)c1cc(C#CCCC)ccc1NC1CCCCO1. The van der Waals surface area contributed by atoms with Crippen molar-refractivity contribution < 1.29 is 4.74 Å². The minimum absolute atomic E-state index is 0.0638. The maximum absolute atomic E-state index is 7.97. The van der Waals surface area contributed by atoms with Gasteiger partial charge in [0.25, 0.3) is 0 Å². The molecule has 0 saturated carbocycles. The Hall–Kier alpha value is -1.73. The molecule has 2 rings (SSSR count). The lowest BCUT2D eigenvalue weighted by Crippen LogP contribution is -2.28. The summed E-state index contributed by atoms with van der Waals surface area (Å²) in [6.07, 6.45) is 5.40. The van der Waals surface area contributed by atoms with Gasteiger partial charge in [0.2, 0.25) is 0 Å². The third-order valence-electron chi connectivity index (χ3n) is 3.53. The van der Waals surface area contributed by atoms with Crippen LogP contribution in [0.1, 0.15) is 50.2 Å². The second kappa shape index (κ2) is 7.90. The molecular weight excluding hydrogens is 259 g/mol. The Bertz CT molecular complexity index is 554. The molecule has 2 N–H and O–H groups in total. The van der Waals surface area contributed by atoms with Crippen molar-refractivity contribution in [2.45, 2.75) is 45.3 Å². The van der Waals surface area contributed by atoms with Gasteiger partial charge in [-0.25, -0.2) is 0 Å². The zero-order valence-corrected chi connectivity index (χ0v) is 13.0. The molecule has 1 saturated heterocycles. The molecule has 21 heavy (non-hydrogen) atoms. The number of unbranched alkanes of at least 4 members (excludes halogenated alkanes) is 1. The monoisotopic (exact) mass is 282 g/mol. The third kappa shape index (κ3) is 4.65. The summed E-state index contributed by atoms with van der Waals surface area (Å²) in [6.45, 7) is 2.94. The van der Waals surface area contributed by atoms with Crippen LogP contribution in [-0.4, -0.2) is 26.3 Å². The van der Waals surface area contributed by atoms with Gasteiger partial charge in [0.1, 0.15) is 6.23 Å². The van der Waals surface area contributed by atoms with Gasteiger partial charge in [0, 0.05) is 29.8 Å². The minimum Gasteiger partial charge on any atom is -0.360 e. The van der Waals surface area contributed by atoms with Crippen LogP contribution in [0.15, 0.2) is 18.2 Å². The van der Waals surface area contributed by atoms with E-state index in [9.17, 15) is 0 Å². The van der Waals surface area contributed by atoms with Crippen LogP contribution < -0.4 is 5.32 Å². The molecule has 4 heteroatoms. The van der Waals surface area contributed by atoms with Gasteiger partial charge in [0.05, 0.1) is 0 Å². The molecule has 1 aliphatic heterocycles. The number of hydrogen-bond acceptors (Lipinski definition) is 3. The molecule has 110 valence electrons. The summed E-state index contributed by atoms with van der Waals surface area (Å²) in [7, 11) is 1.81. The van der Waals surface area contributed by atoms with Gasteiger partial charge in [-0.05, 0) is 49.5 Å². The number of hydrogen-bond donors (Lipinski definition) is 2. The number of rotatable bonds is 4. The number of benzene rings is 1. The smallest absolute Gasteiger partial charge is 0.163 e. The van der Waals surface area contributed by atoms with Crippen LogP contribution in [0.3, 0.4) is 0 Å². The van der Waals surface area contributed by atoms with Crippen molar-refractivity contribution in [3.8, 4) is 11.8 Å². The minimum atomic E-state index is 0.0638. The van der Waals surface area contributed by atoms with Gasteiger partial charge in [-0.3, -0.25) is 0 Å². The standard InChI is InChI=1S/C17H23BN2O/c1-2-3-4-7-13-9-10-15(14(12-13)17(18)19)20-16-8-5-6-11-21-16/h9-10,12,16,19-20H,2-3,5-6,8,11,18H2,1H3. The molecule has 1 heterocycles. The van der Waals surface area contributed by atoms with Crippen molar-refractivity contribution >= 4 is 19.1 Å². The normalized spacial score (nSPS) is 17.7. The number of ether oxygens (including phenoxy) is 1. The van der Waals surface area contributed by atoms with Crippen molar-refractivity contribution in [3.63, 3.8) is 0 Å². The van der Waals surface area contributed by atoms with Crippen LogP contribution in [0.5, 0.6) is 0 Å². The maximum atomic E-state index is 7.97. The molecule has 1 atom stereocenters. The Morgan fingerprint density at radius 2 is 2.33 bits per heavy atom. The Morgan fingerprint density at radius 3 is 3.00 bits per heavy atom. The molecule has 0 spiro atoms. The molecule has 1 unspecified atom stereocenters. The average molecular weight is 282 g/mol. The third-order valence-corrected chi connectivity index (χ3v) is 3.53. The Balaban J connectivity index is 2.17. The highest BCUT2D eigenvalue weighted by Crippen LogP contribution is 2.21. The van der Waals surface area contributed by atoms with E-state index in [-0.39, 0.29) is 6.23 Å². The van der Waals surface area contributed by atoms with Crippen LogP contribution in [0.2, 0.25) is 0 Å². The van der Waals surface area contributed by atoms with Crippen molar-refractivity contribution in [1.29, 1.82) is 5.41 Å². The molecule has 0 bridgehead atoms. The topological polar surface area (TPSA) is 45.1 Å². The summed E-state index contributed by atoms with van der Waals surface area (Å²) in [5, 5.41) is 11.4. The lowest BCUT2D eigenvalue weighted by Gasteiger charge is -2.25. The van der Waals surface area contributed by atoms with Crippen LogP contribution in [0, 0.1) is 17.3 Å². The van der Waals surface area contributed by atoms with E-state index >= 15 is 0 Å². The van der Waals surface area contributed by atoms with Gasteiger partial charge < -0.3 is 15.5 Å². The summed E-state index contributed by atoms with van der Waals surface area (Å²) >= 11 is 0. The first kappa shape index (κ1) is 15.7. The Kier molecular flexibility index (Phi) is 5.89. The maximum Gasteiger partial charge on any atom is 0.163 e. The Morgan fingerprint density at radius 1 is 1.48 bits per heavy atom. The van der Waals surface area contributed by atoms with Crippen molar-refractivity contribution in [2.75, 3.05) is 11.9 Å². The van der Waals surface area contributed by atoms with E-state index in [1.165, 1.54) is 6.42 Å². The van der Waals surface area contributed by atoms with Crippen molar-refractivity contribution in [3.05, 3.63) is 29.3 Å². The molecule has 0 amide bonds. The van der Waals surface area contributed by atoms with Crippen molar-refractivity contribution in [2.24, 2.45) is 0 Å². The van der Waals surface area contributed by atoms with Crippen LogP contribution in [0.25, 0.3) is 0 Å². The fourth-order valence-corrected chi connectivity index (χ4v) is 2.38. The zero-order valence-electron chi connectivity index (χ0n) is 13.0. The van der Waals surface area contributed by atoms with Gasteiger partial charge in [-0.2, -0.15) is 0 Å². The van der Waals surface area contributed by atoms with Gasteiger partial charge in [-0.15, -0.1) is 0 Å². The van der Waals surface area contributed by atoms with Crippen LogP contribution >= 0.6 is 0 Å². The molecule has 1 aromatic carbocycles. The zero-order chi connectivity index (χ0) is 15.1. The summed E-state index contributed by atoms with van der Waals surface area (Å²) in [5.41, 5.74) is 3.40. The van der Waals surface area contributed by atoms with Crippen LogP contribution in [-0.2, 0) is 4.74 Å². The molecule has 1 aromatic rings. The highest BCUT2D eigenvalue weighted by molar-refractivity contribution is 6.64. The van der Waals surface area contributed by atoms with E-state index in [1.54, 1.807) is 0 Å². The molecular formula is C17H23BN2O. The largest absolute Gasteiger partial charge is 0.360 e. The summed E-state index contributed by atoms with van der Waals surface area (Å²) in [5.74, 6) is 6.32. The fraction of sp³-hybridized carbons (Fsp3) is 0.471. The second-order valence-electron chi connectivity index (χ2n) is 5.44.